The molecule has 0 aliphatic carbocycles. The minimum atomic E-state index is -0.441. The molecule has 1 aliphatic rings. The van der Waals surface area contributed by atoms with E-state index in [1.54, 1.807) is 10.7 Å². The minimum Gasteiger partial charge on any atom is -0.444 e. The zero-order valence-electron chi connectivity index (χ0n) is 17.6. The Bertz CT molecular complexity index is 1030. The van der Waals surface area contributed by atoms with E-state index < -0.39 is 5.60 Å². The number of halogens is 1. The molecule has 0 saturated carbocycles. The van der Waals surface area contributed by atoms with E-state index in [4.69, 9.17) is 4.74 Å². The molecule has 0 atom stereocenters. The standard InChI is InChI=1S/C23H27BrN4O2/c1-23(2,3)30-22(29)27-10-8-17(9-11-27)12-16-4-6-18(7-5-16)19-13-25-21-20(24)14-26-28(21)15-19/h4-7,13-15,17H,8-12H2,1-3H3. The summed E-state index contributed by atoms with van der Waals surface area (Å²) in [7, 11) is 0. The van der Waals surface area contributed by atoms with Crippen LogP contribution in [-0.2, 0) is 11.2 Å². The summed E-state index contributed by atoms with van der Waals surface area (Å²) >= 11 is 3.45. The van der Waals surface area contributed by atoms with Crippen molar-refractivity contribution in [3.05, 3.63) is 52.9 Å². The zero-order valence-corrected chi connectivity index (χ0v) is 19.2. The van der Waals surface area contributed by atoms with Crippen molar-refractivity contribution < 1.29 is 9.53 Å². The highest BCUT2D eigenvalue weighted by atomic mass is 79.9. The van der Waals surface area contributed by atoms with Gasteiger partial charge in [0.15, 0.2) is 5.65 Å². The second-order valence-corrected chi connectivity index (χ2v) is 9.77. The number of fused-ring (bicyclic) bond motifs is 1. The number of benzene rings is 1. The van der Waals surface area contributed by atoms with Crippen LogP contribution in [0.3, 0.4) is 0 Å². The molecular formula is C23H27BrN4O2. The third-order valence-electron chi connectivity index (χ3n) is 5.39. The smallest absolute Gasteiger partial charge is 0.410 e. The van der Waals surface area contributed by atoms with Crippen LogP contribution >= 0.6 is 15.9 Å². The van der Waals surface area contributed by atoms with E-state index in [0.717, 1.165) is 53.6 Å². The second kappa shape index (κ2) is 8.38. The van der Waals surface area contributed by atoms with Crippen molar-refractivity contribution in [3.63, 3.8) is 0 Å². The Kier molecular flexibility index (Phi) is 5.82. The maximum Gasteiger partial charge on any atom is 0.410 e. The second-order valence-electron chi connectivity index (χ2n) is 8.92. The summed E-state index contributed by atoms with van der Waals surface area (Å²) in [5.74, 6) is 0.592. The van der Waals surface area contributed by atoms with Gasteiger partial charge in [-0.2, -0.15) is 5.10 Å². The number of nitrogens with zero attached hydrogens (tertiary/aromatic N) is 4. The number of aromatic nitrogens is 3. The van der Waals surface area contributed by atoms with Crippen LogP contribution in [0, 0.1) is 5.92 Å². The molecule has 158 valence electrons. The van der Waals surface area contributed by atoms with E-state index >= 15 is 0 Å². The lowest BCUT2D eigenvalue weighted by Crippen LogP contribution is -2.42. The first kappa shape index (κ1) is 20.8. The minimum absolute atomic E-state index is 0.194. The number of piperidine rings is 1. The Morgan fingerprint density at radius 1 is 1.13 bits per heavy atom. The van der Waals surface area contributed by atoms with Gasteiger partial charge in [0.25, 0.3) is 0 Å². The molecule has 1 aromatic carbocycles. The van der Waals surface area contributed by atoms with E-state index in [1.807, 2.05) is 38.1 Å². The third-order valence-corrected chi connectivity index (χ3v) is 5.95. The largest absolute Gasteiger partial charge is 0.444 e. The van der Waals surface area contributed by atoms with Gasteiger partial charge in [0.1, 0.15) is 5.60 Å². The molecule has 6 nitrogen and oxygen atoms in total. The lowest BCUT2D eigenvalue weighted by molar-refractivity contribution is 0.0184. The molecule has 1 fully saturated rings. The van der Waals surface area contributed by atoms with Crippen LogP contribution in [-0.4, -0.2) is 44.3 Å². The monoisotopic (exact) mass is 470 g/mol. The molecule has 3 heterocycles. The van der Waals surface area contributed by atoms with Crippen LogP contribution in [0.1, 0.15) is 39.2 Å². The lowest BCUT2D eigenvalue weighted by atomic mass is 9.90. The van der Waals surface area contributed by atoms with Gasteiger partial charge < -0.3 is 9.64 Å². The lowest BCUT2D eigenvalue weighted by Gasteiger charge is -2.33. The van der Waals surface area contributed by atoms with Crippen molar-refractivity contribution in [1.82, 2.24) is 19.5 Å². The summed E-state index contributed by atoms with van der Waals surface area (Å²) in [5.41, 5.74) is 3.86. The first-order valence-electron chi connectivity index (χ1n) is 10.3. The highest BCUT2D eigenvalue weighted by molar-refractivity contribution is 9.10. The van der Waals surface area contributed by atoms with Crippen LogP contribution in [0.2, 0.25) is 0 Å². The first-order valence-corrected chi connectivity index (χ1v) is 11.1. The molecule has 4 rings (SSSR count). The average Bonchev–Trinajstić information content (AvgIpc) is 3.08. The van der Waals surface area contributed by atoms with Crippen molar-refractivity contribution in [1.29, 1.82) is 0 Å². The van der Waals surface area contributed by atoms with Crippen LogP contribution in [0.25, 0.3) is 16.8 Å². The predicted molar refractivity (Wildman–Crippen MR) is 120 cm³/mol. The zero-order chi connectivity index (χ0) is 21.3. The van der Waals surface area contributed by atoms with Gasteiger partial charge in [0.2, 0.25) is 0 Å². The summed E-state index contributed by atoms with van der Waals surface area (Å²) in [5, 5.41) is 4.31. The highest BCUT2D eigenvalue weighted by Gasteiger charge is 2.26. The molecule has 3 aromatic rings. The van der Waals surface area contributed by atoms with Gasteiger partial charge in [0, 0.05) is 31.0 Å². The Morgan fingerprint density at radius 2 is 1.83 bits per heavy atom. The average molecular weight is 471 g/mol. The number of likely N-dealkylation sites (tertiary alicyclic amines) is 1. The van der Waals surface area contributed by atoms with Crippen molar-refractivity contribution in [2.45, 2.75) is 45.6 Å². The van der Waals surface area contributed by atoms with Crippen LogP contribution in [0.4, 0.5) is 4.79 Å². The third kappa shape index (κ3) is 4.83. The summed E-state index contributed by atoms with van der Waals surface area (Å²) < 4.78 is 8.16. The molecule has 0 spiro atoms. The number of ether oxygens (including phenoxy) is 1. The topological polar surface area (TPSA) is 59.7 Å². The van der Waals surface area contributed by atoms with Crippen molar-refractivity contribution in [2.24, 2.45) is 5.92 Å². The van der Waals surface area contributed by atoms with Crippen molar-refractivity contribution in [2.75, 3.05) is 13.1 Å². The van der Waals surface area contributed by atoms with Gasteiger partial charge in [-0.3, -0.25) is 0 Å². The molecule has 7 heteroatoms. The maximum absolute atomic E-state index is 12.2. The van der Waals surface area contributed by atoms with Crippen LogP contribution in [0.15, 0.2) is 47.3 Å². The van der Waals surface area contributed by atoms with E-state index in [0.29, 0.717) is 5.92 Å². The normalized spacial score (nSPS) is 15.5. The Balaban J connectivity index is 1.34. The Morgan fingerprint density at radius 3 is 2.50 bits per heavy atom. The van der Waals surface area contributed by atoms with E-state index in [1.165, 1.54) is 5.56 Å². The summed E-state index contributed by atoms with van der Waals surface area (Å²) in [6.45, 7) is 7.25. The highest BCUT2D eigenvalue weighted by Crippen LogP contribution is 2.26. The summed E-state index contributed by atoms with van der Waals surface area (Å²) in [6, 6.07) is 8.68. The Labute approximate surface area is 185 Å². The quantitative estimate of drug-likeness (QED) is 0.517. The molecule has 2 aromatic heterocycles. The summed E-state index contributed by atoms with van der Waals surface area (Å²) in [6.07, 6.45) is 8.48. The Hall–Kier alpha value is -2.41. The number of carbonyl (C=O) groups excluding carboxylic acids is 1. The van der Waals surface area contributed by atoms with Crippen molar-refractivity contribution >= 4 is 27.7 Å². The van der Waals surface area contributed by atoms with E-state index in [-0.39, 0.29) is 6.09 Å². The van der Waals surface area contributed by atoms with Crippen molar-refractivity contribution in [3.8, 4) is 11.1 Å². The number of hydrogen-bond acceptors (Lipinski definition) is 4. The number of carbonyl (C=O) groups is 1. The SMILES string of the molecule is CC(C)(C)OC(=O)N1CCC(Cc2ccc(-c3cnc4c(Br)cnn4c3)cc2)CC1. The fourth-order valence-electron chi connectivity index (χ4n) is 3.81. The number of hydrogen-bond donors (Lipinski definition) is 0. The van der Waals surface area contributed by atoms with Gasteiger partial charge in [-0.25, -0.2) is 14.3 Å². The molecule has 0 radical (unpaired) electrons. The van der Waals surface area contributed by atoms with Gasteiger partial charge in [-0.15, -0.1) is 0 Å². The van der Waals surface area contributed by atoms with Gasteiger partial charge in [-0.1, -0.05) is 24.3 Å². The fraction of sp³-hybridized carbons (Fsp3) is 0.435. The maximum atomic E-state index is 12.2. The van der Waals surface area contributed by atoms with Gasteiger partial charge in [0.05, 0.1) is 10.7 Å². The van der Waals surface area contributed by atoms with E-state index in [2.05, 4.69) is 50.3 Å². The van der Waals surface area contributed by atoms with Gasteiger partial charge >= 0.3 is 6.09 Å². The summed E-state index contributed by atoms with van der Waals surface area (Å²) in [4.78, 5) is 18.5. The molecule has 0 N–H and O–H groups in total. The van der Waals surface area contributed by atoms with E-state index in [9.17, 15) is 4.79 Å². The van der Waals surface area contributed by atoms with Gasteiger partial charge in [-0.05, 0) is 73.0 Å². The molecule has 1 aliphatic heterocycles. The molecule has 30 heavy (non-hydrogen) atoms. The molecule has 1 saturated heterocycles. The fourth-order valence-corrected chi connectivity index (χ4v) is 4.18. The molecule has 0 bridgehead atoms. The number of amides is 1. The molecular weight excluding hydrogens is 444 g/mol. The van der Waals surface area contributed by atoms with Crippen LogP contribution in [0.5, 0.6) is 0 Å². The first-order chi connectivity index (χ1) is 14.3. The predicted octanol–water partition coefficient (Wildman–Crippen LogP) is 5.35. The molecule has 1 amide bonds. The van der Waals surface area contributed by atoms with Crippen LogP contribution < -0.4 is 0 Å². The number of rotatable bonds is 3. The molecule has 0 unspecified atom stereocenters.